The SMILES string of the molecule is C[C@H]1CN(C(=S)Nc2ccccc2)N(c2ccccc2)C1. The minimum atomic E-state index is 0.584. The van der Waals surface area contributed by atoms with Crippen molar-refractivity contribution in [3.8, 4) is 0 Å². The molecule has 1 atom stereocenters. The summed E-state index contributed by atoms with van der Waals surface area (Å²) in [5.41, 5.74) is 2.20. The Morgan fingerprint density at radius 2 is 1.62 bits per heavy atom. The van der Waals surface area contributed by atoms with E-state index in [4.69, 9.17) is 12.2 Å². The Hall–Kier alpha value is -2.07. The summed E-state index contributed by atoms with van der Waals surface area (Å²) in [4.78, 5) is 0. The average Bonchev–Trinajstić information content (AvgIpc) is 2.91. The first-order chi connectivity index (χ1) is 10.2. The van der Waals surface area contributed by atoms with Crippen molar-refractivity contribution in [1.82, 2.24) is 5.01 Å². The minimum Gasteiger partial charge on any atom is -0.331 e. The van der Waals surface area contributed by atoms with Crippen LogP contribution in [-0.4, -0.2) is 23.2 Å². The van der Waals surface area contributed by atoms with Crippen molar-refractivity contribution in [3.05, 3.63) is 60.7 Å². The lowest BCUT2D eigenvalue weighted by atomic mass is 10.2. The third-order valence-electron chi connectivity index (χ3n) is 3.57. The predicted octanol–water partition coefficient (Wildman–Crippen LogP) is 3.76. The van der Waals surface area contributed by atoms with Gasteiger partial charge in [0.2, 0.25) is 0 Å². The molecule has 21 heavy (non-hydrogen) atoms. The second-order valence-electron chi connectivity index (χ2n) is 5.40. The number of nitrogens with zero attached hydrogens (tertiary/aromatic N) is 2. The van der Waals surface area contributed by atoms with Crippen molar-refractivity contribution in [3.63, 3.8) is 0 Å². The van der Waals surface area contributed by atoms with Gasteiger partial charge in [0.15, 0.2) is 5.11 Å². The predicted molar refractivity (Wildman–Crippen MR) is 92.3 cm³/mol. The number of rotatable bonds is 2. The molecule has 0 bridgehead atoms. The van der Waals surface area contributed by atoms with E-state index in [0.29, 0.717) is 5.92 Å². The summed E-state index contributed by atoms with van der Waals surface area (Å²) < 4.78 is 0. The molecule has 0 aromatic heterocycles. The number of benzene rings is 2. The van der Waals surface area contributed by atoms with Gasteiger partial charge in [-0.1, -0.05) is 43.3 Å². The summed E-state index contributed by atoms with van der Waals surface area (Å²) in [6, 6.07) is 20.5. The van der Waals surface area contributed by atoms with E-state index in [1.165, 1.54) is 5.69 Å². The van der Waals surface area contributed by atoms with Crippen LogP contribution >= 0.6 is 12.2 Å². The van der Waals surface area contributed by atoms with Crippen molar-refractivity contribution in [1.29, 1.82) is 0 Å². The van der Waals surface area contributed by atoms with Gasteiger partial charge in [-0.3, -0.25) is 10.0 Å². The zero-order chi connectivity index (χ0) is 14.7. The molecule has 3 rings (SSSR count). The number of hydrazine groups is 1. The number of para-hydroxylation sites is 2. The van der Waals surface area contributed by atoms with Crippen LogP contribution in [0.5, 0.6) is 0 Å². The molecule has 108 valence electrons. The van der Waals surface area contributed by atoms with Crippen LogP contribution in [0.1, 0.15) is 6.92 Å². The van der Waals surface area contributed by atoms with Crippen LogP contribution in [0.2, 0.25) is 0 Å². The highest BCUT2D eigenvalue weighted by Gasteiger charge is 2.29. The molecule has 3 nitrogen and oxygen atoms in total. The molecule has 1 N–H and O–H groups in total. The Bertz CT molecular complexity index is 600. The number of anilines is 2. The zero-order valence-electron chi connectivity index (χ0n) is 12.1. The lowest BCUT2D eigenvalue weighted by molar-refractivity contribution is 0.469. The van der Waals surface area contributed by atoms with E-state index >= 15 is 0 Å². The number of hydrogen-bond donors (Lipinski definition) is 1. The smallest absolute Gasteiger partial charge is 0.192 e. The second kappa shape index (κ2) is 6.14. The van der Waals surface area contributed by atoms with E-state index in [9.17, 15) is 0 Å². The van der Waals surface area contributed by atoms with Crippen molar-refractivity contribution in [2.75, 3.05) is 23.4 Å². The molecule has 0 spiro atoms. The van der Waals surface area contributed by atoms with Crippen molar-refractivity contribution < 1.29 is 0 Å². The molecule has 2 aromatic rings. The molecule has 0 saturated carbocycles. The topological polar surface area (TPSA) is 18.5 Å². The van der Waals surface area contributed by atoms with Crippen LogP contribution in [0.3, 0.4) is 0 Å². The molecular weight excluding hydrogens is 278 g/mol. The Labute approximate surface area is 131 Å². The molecule has 4 heteroatoms. The second-order valence-corrected chi connectivity index (χ2v) is 5.79. The van der Waals surface area contributed by atoms with Crippen molar-refractivity contribution in [2.45, 2.75) is 6.92 Å². The standard InChI is InChI=1S/C17H19N3S/c1-14-12-19(16-10-6-3-7-11-16)20(13-14)17(21)18-15-8-4-2-5-9-15/h2-11,14H,12-13H2,1H3,(H,18,21)/t14-/m1/s1. The van der Waals surface area contributed by atoms with Crippen molar-refractivity contribution in [2.24, 2.45) is 5.92 Å². The van der Waals surface area contributed by atoms with Crippen LogP contribution in [0, 0.1) is 5.92 Å². The van der Waals surface area contributed by atoms with E-state index in [2.05, 4.69) is 46.5 Å². The lowest BCUT2D eigenvalue weighted by Gasteiger charge is -2.31. The molecule has 0 aliphatic carbocycles. The molecule has 1 aliphatic rings. The first-order valence-corrected chi connectivity index (χ1v) is 7.61. The maximum absolute atomic E-state index is 5.60. The van der Waals surface area contributed by atoms with E-state index in [0.717, 1.165) is 23.9 Å². The summed E-state index contributed by atoms with van der Waals surface area (Å²) in [6.07, 6.45) is 0. The Morgan fingerprint density at radius 3 is 2.29 bits per heavy atom. The summed E-state index contributed by atoms with van der Waals surface area (Å²) in [5, 5.41) is 8.47. The van der Waals surface area contributed by atoms with Gasteiger partial charge in [0.25, 0.3) is 0 Å². The van der Waals surface area contributed by atoms with Crippen LogP contribution in [0.25, 0.3) is 0 Å². The normalized spacial score (nSPS) is 17.9. The Morgan fingerprint density at radius 1 is 1.00 bits per heavy atom. The molecule has 0 amide bonds. The van der Waals surface area contributed by atoms with Crippen molar-refractivity contribution >= 4 is 28.7 Å². The largest absolute Gasteiger partial charge is 0.331 e. The number of thiocarbonyl (C=S) groups is 1. The third kappa shape index (κ3) is 3.16. The quantitative estimate of drug-likeness (QED) is 0.850. The zero-order valence-corrected chi connectivity index (χ0v) is 12.9. The highest BCUT2D eigenvalue weighted by atomic mass is 32.1. The fourth-order valence-corrected chi connectivity index (χ4v) is 2.88. The third-order valence-corrected chi connectivity index (χ3v) is 3.89. The molecule has 1 heterocycles. The van der Waals surface area contributed by atoms with Crippen LogP contribution in [0.15, 0.2) is 60.7 Å². The Balaban J connectivity index is 1.77. The van der Waals surface area contributed by atoms with Gasteiger partial charge in [0, 0.05) is 18.8 Å². The van der Waals surface area contributed by atoms with Crippen LogP contribution < -0.4 is 10.3 Å². The molecular formula is C17H19N3S. The summed E-state index contributed by atoms with van der Waals surface area (Å²) >= 11 is 5.60. The maximum atomic E-state index is 5.60. The summed E-state index contributed by atoms with van der Waals surface area (Å²) in [7, 11) is 0. The van der Waals surface area contributed by atoms with E-state index in [-0.39, 0.29) is 0 Å². The van der Waals surface area contributed by atoms with E-state index in [1.54, 1.807) is 0 Å². The average molecular weight is 297 g/mol. The first-order valence-electron chi connectivity index (χ1n) is 7.20. The highest BCUT2D eigenvalue weighted by molar-refractivity contribution is 7.80. The fraction of sp³-hybridized carbons (Fsp3) is 0.235. The minimum absolute atomic E-state index is 0.584. The molecule has 1 aliphatic heterocycles. The summed E-state index contributed by atoms with van der Waals surface area (Å²) in [6.45, 7) is 4.18. The van der Waals surface area contributed by atoms with Gasteiger partial charge >= 0.3 is 0 Å². The van der Waals surface area contributed by atoms with Gasteiger partial charge in [0.1, 0.15) is 0 Å². The monoisotopic (exact) mass is 297 g/mol. The number of hydrogen-bond acceptors (Lipinski definition) is 2. The molecule has 0 unspecified atom stereocenters. The Kier molecular flexibility index (Phi) is 4.06. The molecule has 2 aromatic carbocycles. The van der Waals surface area contributed by atoms with Gasteiger partial charge in [0.05, 0.1) is 5.69 Å². The van der Waals surface area contributed by atoms with Gasteiger partial charge in [-0.2, -0.15) is 0 Å². The van der Waals surface area contributed by atoms with E-state index < -0.39 is 0 Å². The lowest BCUT2D eigenvalue weighted by Crippen LogP contribution is -2.43. The van der Waals surface area contributed by atoms with Gasteiger partial charge in [-0.25, -0.2) is 0 Å². The molecule has 0 radical (unpaired) electrons. The maximum Gasteiger partial charge on any atom is 0.192 e. The molecule has 1 saturated heterocycles. The summed E-state index contributed by atoms with van der Waals surface area (Å²) in [5.74, 6) is 0.584. The van der Waals surface area contributed by atoms with Gasteiger partial charge < -0.3 is 5.32 Å². The van der Waals surface area contributed by atoms with Gasteiger partial charge in [-0.05, 0) is 42.4 Å². The highest BCUT2D eigenvalue weighted by Crippen LogP contribution is 2.25. The number of nitrogens with one attached hydrogen (secondary N) is 1. The van der Waals surface area contributed by atoms with Crippen LogP contribution in [-0.2, 0) is 0 Å². The molecule has 1 fully saturated rings. The fourth-order valence-electron chi connectivity index (χ4n) is 2.59. The van der Waals surface area contributed by atoms with Crippen LogP contribution in [0.4, 0.5) is 11.4 Å². The first kappa shape index (κ1) is 13.9. The van der Waals surface area contributed by atoms with Gasteiger partial charge in [-0.15, -0.1) is 0 Å². The van der Waals surface area contributed by atoms with E-state index in [1.807, 2.05) is 36.4 Å².